The molecule has 2 aromatic rings. The zero-order valence-corrected chi connectivity index (χ0v) is 15.1. The van der Waals surface area contributed by atoms with Gasteiger partial charge in [0.2, 0.25) is 5.89 Å². The summed E-state index contributed by atoms with van der Waals surface area (Å²) >= 11 is 0. The van der Waals surface area contributed by atoms with Crippen LogP contribution in [0.3, 0.4) is 0 Å². The quantitative estimate of drug-likeness (QED) is 0.790. The molecular weight excluding hydrogens is 324 g/mol. The molecule has 0 saturated carbocycles. The molecule has 1 atom stereocenters. The Hall–Kier alpha value is -2.77. The molecule has 0 bridgehead atoms. The van der Waals surface area contributed by atoms with E-state index in [2.05, 4.69) is 15.5 Å². The molecule has 0 fully saturated rings. The summed E-state index contributed by atoms with van der Waals surface area (Å²) < 4.78 is 15.9. The first kappa shape index (κ1) is 18.6. The highest BCUT2D eigenvalue weighted by molar-refractivity contribution is 5.75. The van der Waals surface area contributed by atoms with Gasteiger partial charge in [0, 0.05) is 17.2 Å². The topological polar surface area (TPSA) is 112 Å². The number of nitrogens with one attached hydrogen (secondary N) is 1. The van der Waals surface area contributed by atoms with Gasteiger partial charge in [0.25, 0.3) is 5.91 Å². The van der Waals surface area contributed by atoms with Gasteiger partial charge < -0.3 is 25.0 Å². The number of rotatable bonds is 7. The molecule has 1 aromatic heterocycles. The Morgan fingerprint density at radius 1 is 1.36 bits per heavy atom. The molecule has 25 heavy (non-hydrogen) atoms. The van der Waals surface area contributed by atoms with Gasteiger partial charge in [0.1, 0.15) is 6.04 Å². The van der Waals surface area contributed by atoms with Gasteiger partial charge in [-0.15, -0.1) is 0 Å². The molecule has 136 valence electrons. The minimum atomic E-state index is -0.561. The van der Waals surface area contributed by atoms with Crippen molar-refractivity contribution in [1.29, 1.82) is 0 Å². The second-order valence-corrected chi connectivity index (χ2v) is 6.69. The van der Waals surface area contributed by atoms with Crippen molar-refractivity contribution in [3.05, 3.63) is 29.9 Å². The highest BCUT2D eigenvalue weighted by Gasteiger charge is 2.23. The standard InChI is InChI=1S/C17H24N4O4/c1-10(15-20-16(21-25-15)17(2,3)4)19-11-6-7-12(23-5)13(8-11)24-9-14(18)22/h6-8,10,19H,9H2,1-5H3,(H2,18,22)/t10-/m0/s1. The van der Waals surface area contributed by atoms with Crippen LogP contribution in [0, 0.1) is 0 Å². The molecule has 3 N–H and O–H groups in total. The number of primary amides is 1. The number of aromatic nitrogens is 2. The molecule has 1 heterocycles. The fraction of sp³-hybridized carbons (Fsp3) is 0.471. The van der Waals surface area contributed by atoms with E-state index < -0.39 is 5.91 Å². The van der Waals surface area contributed by atoms with Gasteiger partial charge in [-0.1, -0.05) is 25.9 Å². The van der Waals surface area contributed by atoms with Crippen molar-refractivity contribution in [3.8, 4) is 11.5 Å². The van der Waals surface area contributed by atoms with Crippen LogP contribution in [0.4, 0.5) is 5.69 Å². The Morgan fingerprint density at radius 3 is 2.64 bits per heavy atom. The predicted octanol–water partition coefficient (Wildman–Crippen LogP) is 2.41. The first-order valence-corrected chi connectivity index (χ1v) is 7.90. The van der Waals surface area contributed by atoms with E-state index in [-0.39, 0.29) is 18.1 Å². The number of anilines is 1. The lowest BCUT2D eigenvalue weighted by atomic mass is 9.96. The third-order valence-electron chi connectivity index (χ3n) is 3.40. The SMILES string of the molecule is COc1ccc(N[C@@H](C)c2nc(C(C)(C)C)no2)cc1OCC(N)=O. The lowest BCUT2D eigenvalue weighted by Crippen LogP contribution is -2.20. The van der Waals surface area contributed by atoms with Crippen LogP contribution >= 0.6 is 0 Å². The van der Waals surface area contributed by atoms with Crippen LogP contribution in [0.5, 0.6) is 11.5 Å². The minimum Gasteiger partial charge on any atom is -0.493 e. The second kappa shape index (κ2) is 7.42. The predicted molar refractivity (Wildman–Crippen MR) is 92.7 cm³/mol. The van der Waals surface area contributed by atoms with E-state index in [0.29, 0.717) is 23.2 Å². The summed E-state index contributed by atoms with van der Waals surface area (Å²) in [7, 11) is 1.52. The Kier molecular flexibility index (Phi) is 5.51. The normalized spacial score (nSPS) is 12.5. The maximum absolute atomic E-state index is 10.9. The molecule has 0 unspecified atom stereocenters. The maximum atomic E-state index is 10.9. The summed E-state index contributed by atoms with van der Waals surface area (Å²) in [5.41, 5.74) is 5.69. The van der Waals surface area contributed by atoms with Crippen LogP contribution in [-0.2, 0) is 10.2 Å². The third kappa shape index (κ3) is 4.85. The van der Waals surface area contributed by atoms with E-state index in [1.54, 1.807) is 12.1 Å². The van der Waals surface area contributed by atoms with Crippen molar-refractivity contribution >= 4 is 11.6 Å². The summed E-state index contributed by atoms with van der Waals surface area (Å²) in [6.07, 6.45) is 0. The molecule has 1 aromatic carbocycles. The van der Waals surface area contributed by atoms with Crippen LogP contribution in [0.15, 0.2) is 22.7 Å². The lowest BCUT2D eigenvalue weighted by Gasteiger charge is -2.15. The summed E-state index contributed by atoms with van der Waals surface area (Å²) in [4.78, 5) is 15.4. The first-order valence-electron chi connectivity index (χ1n) is 7.90. The van der Waals surface area contributed by atoms with E-state index >= 15 is 0 Å². The fourth-order valence-electron chi connectivity index (χ4n) is 2.06. The minimum absolute atomic E-state index is 0.183. The van der Waals surface area contributed by atoms with Gasteiger partial charge in [0.15, 0.2) is 23.9 Å². The molecule has 1 amide bonds. The zero-order chi connectivity index (χ0) is 18.6. The van der Waals surface area contributed by atoms with Crippen molar-refractivity contribution in [2.75, 3.05) is 19.0 Å². The first-order chi connectivity index (χ1) is 11.7. The van der Waals surface area contributed by atoms with Gasteiger partial charge >= 0.3 is 0 Å². The average Bonchev–Trinajstić information content (AvgIpc) is 3.03. The Bertz CT molecular complexity index is 736. The zero-order valence-electron chi connectivity index (χ0n) is 15.1. The summed E-state index contributed by atoms with van der Waals surface area (Å²) in [6.45, 7) is 7.74. The number of benzene rings is 1. The molecule has 8 heteroatoms. The van der Waals surface area contributed by atoms with Crippen LogP contribution in [0.1, 0.15) is 45.5 Å². The Labute approximate surface area is 146 Å². The molecule has 0 radical (unpaired) electrons. The fourth-order valence-corrected chi connectivity index (χ4v) is 2.06. The van der Waals surface area contributed by atoms with E-state index in [9.17, 15) is 4.79 Å². The molecule has 0 aliphatic carbocycles. The number of nitrogens with two attached hydrogens (primary N) is 1. The molecule has 0 aliphatic heterocycles. The highest BCUT2D eigenvalue weighted by Crippen LogP contribution is 2.31. The van der Waals surface area contributed by atoms with E-state index in [4.69, 9.17) is 19.7 Å². The van der Waals surface area contributed by atoms with E-state index in [1.165, 1.54) is 7.11 Å². The molecule has 0 saturated heterocycles. The molecular formula is C17H24N4O4. The molecule has 2 rings (SSSR count). The number of carbonyl (C=O) groups excluding carboxylic acids is 1. The number of amides is 1. The van der Waals surface area contributed by atoms with Crippen LogP contribution in [0.2, 0.25) is 0 Å². The molecule has 8 nitrogen and oxygen atoms in total. The summed E-state index contributed by atoms with van der Waals surface area (Å²) in [5.74, 6) is 1.50. The van der Waals surface area contributed by atoms with Crippen LogP contribution in [-0.4, -0.2) is 29.8 Å². The highest BCUT2D eigenvalue weighted by atomic mass is 16.5. The lowest BCUT2D eigenvalue weighted by molar-refractivity contribution is -0.119. The number of ether oxygens (including phenoxy) is 2. The average molecular weight is 348 g/mol. The summed E-state index contributed by atoms with van der Waals surface area (Å²) in [6, 6.07) is 5.08. The number of methoxy groups -OCH3 is 1. The number of hydrogen-bond donors (Lipinski definition) is 2. The van der Waals surface area contributed by atoms with Gasteiger partial charge in [-0.2, -0.15) is 4.98 Å². The van der Waals surface area contributed by atoms with Crippen molar-refractivity contribution in [1.82, 2.24) is 10.1 Å². The second-order valence-electron chi connectivity index (χ2n) is 6.69. The maximum Gasteiger partial charge on any atom is 0.255 e. The smallest absolute Gasteiger partial charge is 0.255 e. The molecule has 0 spiro atoms. The van der Waals surface area contributed by atoms with E-state index in [1.807, 2.05) is 33.8 Å². The molecule has 0 aliphatic rings. The van der Waals surface area contributed by atoms with Crippen molar-refractivity contribution in [3.63, 3.8) is 0 Å². The van der Waals surface area contributed by atoms with Gasteiger partial charge in [0.05, 0.1) is 7.11 Å². The Morgan fingerprint density at radius 2 is 2.08 bits per heavy atom. The van der Waals surface area contributed by atoms with Crippen molar-refractivity contribution in [2.45, 2.75) is 39.2 Å². The number of nitrogens with zero attached hydrogens (tertiary/aromatic N) is 2. The van der Waals surface area contributed by atoms with E-state index in [0.717, 1.165) is 5.69 Å². The Balaban J connectivity index is 2.14. The van der Waals surface area contributed by atoms with Crippen LogP contribution < -0.4 is 20.5 Å². The van der Waals surface area contributed by atoms with Crippen molar-refractivity contribution < 1.29 is 18.8 Å². The number of hydrogen-bond acceptors (Lipinski definition) is 7. The largest absolute Gasteiger partial charge is 0.493 e. The van der Waals surface area contributed by atoms with Gasteiger partial charge in [-0.3, -0.25) is 4.79 Å². The summed E-state index contributed by atoms with van der Waals surface area (Å²) in [5, 5.41) is 7.28. The van der Waals surface area contributed by atoms with Gasteiger partial charge in [-0.25, -0.2) is 0 Å². The van der Waals surface area contributed by atoms with Gasteiger partial charge in [-0.05, 0) is 19.1 Å². The van der Waals surface area contributed by atoms with Crippen LogP contribution in [0.25, 0.3) is 0 Å². The monoisotopic (exact) mass is 348 g/mol. The number of carbonyl (C=O) groups is 1. The third-order valence-corrected chi connectivity index (χ3v) is 3.40. The van der Waals surface area contributed by atoms with Crippen molar-refractivity contribution in [2.24, 2.45) is 5.73 Å².